The van der Waals surface area contributed by atoms with E-state index in [4.69, 9.17) is 4.74 Å². The van der Waals surface area contributed by atoms with Crippen molar-refractivity contribution in [2.45, 2.75) is 12.5 Å². The molecule has 1 saturated carbocycles. The number of rotatable bonds is 2. The number of nitrogens with zero attached hydrogens (tertiary/aromatic N) is 1. The Morgan fingerprint density at radius 3 is 2.67 bits per heavy atom. The number of methoxy groups -OCH3 is 1. The van der Waals surface area contributed by atoms with Crippen LogP contribution in [0.1, 0.15) is 16.8 Å². The minimum atomic E-state index is -0.382. The van der Waals surface area contributed by atoms with Crippen molar-refractivity contribution < 1.29 is 14.3 Å². The van der Waals surface area contributed by atoms with E-state index in [1.54, 1.807) is 17.0 Å². The molecule has 2 fully saturated rings. The van der Waals surface area contributed by atoms with E-state index < -0.39 is 0 Å². The van der Waals surface area contributed by atoms with E-state index in [9.17, 15) is 9.59 Å². The van der Waals surface area contributed by atoms with Gasteiger partial charge in [-0.25, -0.2) is 4.79 Å². The van der Waals surface area contributed by atoms with E-state index in [1.807, 2.05) is 18.2 Å². The van der Waals surface area contributed by atoms with Gasteiger partial charge in [0.1, 0.15) is 6.04 Å². The molecule has 94 valence electrons. The molecule has 4 nitrogen and oxygen atoms in total. The van der Waals surface area contributed by atoms with Gasteiger partial charge in [-0.15, -0.1) is 0 Å². The van der Waals surface area contributed by atoms with Gasteiger partial charge in [0.25, 0.3) is 5.91 Å². The van der Waals surface area contributed by atoms with Gasteiger partial charge in [0, 0.05) is 12.1 Å². The van der Waals surface area contributed by atoms with Crippen molar-refractivity contribution in [3.63, 3.8) is 0 Å². The maximum atomic E-state index is 12.4. The number of carbonyl (C=O) groups excluding carboxylic acids is 2. The molecule has 1 saturated heterocycles. The molecular formula is C14H15NO3. The molecule has 1 aliphatic heterocycles. The van der Waals surface area contributed by atoms with Crippen LogP contribution < -0.4 is 0 Å². The van der Waals surface area contributed by atoms with Crippen molar-refractivity contribution in [3.8, 4) is 0 Å². The molecular weight excluding hydrogens is 230 g/mol. The molecule has 4 heteroatoms. The predicted molar refractivity (Wildman–Crippen MR) is 64.9 cm³/mol. The fraction of sp³-hybridized carbons (Fsp3) is 0.429. The minimum absolute atomic E-state index is 0.0711. The highest BCUT2D eigenvalue weighted by molar-refractivity contribution is 5.97. The number of esters is 1. The maximum absolute atomic E-state index is 12.4. The van der Waals surface area contributed by atoms with E-state index >= 15 is 0 Å². The van der Waals surface area contributed by atoms with E-state index in [1.165, 1.54) is 7.11 Å². The van der Waals surface area contributed by atoms with E-state index in [0.29, 0.717) is 23.9 Å². The van der Waals surface area contributed by atoms with Crippen LogP contribution in [0.15, 0.2) is 30.3 Å². The van der Waals surface area contributed by atoms with Crippen molar-refractivity contribution in [1.29, 1.82) is 0 Å². The summed E-state index contributed by atoms with van der Waals surface area (Å²) in [6.45, 7) is 0.679. The predicted octanol–water partition coefficient (Wildman–Crippen LogP) is 1.32. The first kappa shape index (κ1) is 11.3. The standard InChI is InChI=1S/C14H15NO3/c1-18-14(17)12-11-7-10(11)8-15(12)13(16)9-5-3-2-4-6-9/h2-6,10-12H,7-8H2,1H3/t10?,11-,12?/m1/s1. The number of piperidine rings is 1. The van der Waals surface area contributed by atoms with Gasteiger partial charge in [0.05, 0.1) is 7.11 Å². The number of benzene rings is 1. The first-order valence-corrected chi connectivity index (χ1v) is 6.16. The van der Waals surface area contributed by atoms with Crippen LogP contribution in [-0.2, 0) is 9.53 Å². The Bertz CT molecular complexity index is 485. The number of hydrogen-bond acceptors (Lipinski definition) is 3. The summed E-state index contributed by atoms with van der Waals surface area (Å²) >= 11 is 0. The van der Waals surface area contributed by atoms with Gasteiger partial charge in [-0.1, -0.05) is 18.2 Å². The zero-order chi connectivity index (χ0) is 12.7. The van der Waals surface area contributed by atoms with Crippen LogP contribution >= 0.6 is 0 Å². The second-order valence-corrected chi connectivity index (χ2v) is 4.95. The number of carbonyl (C=O) groups is 2. The number of ether oxygens (including phenoxy) is 1. The lowest BCUT2D eigenvalue weighted by atomic mass is 10.1. The van der Waals surface area contributed by atoms with E-state index in [2.05, 4.69) is 0 Å². The summed E-state index contributed by atoms with van der Waals surface area (Å²) in [5.41, 5.74) is 0.632. The Hall–Kier alpha value is -1.84. The molecule has 18 heavy (non-hydrogen) atoms. The van der Waals surface area contributed by atoms with Crippen LogP contribution in [0, 0.1) is 11.8 Å². The first-order valence-electron chi connectivity index (χ1n) is 6.16. The van der Waals surface area contributed by atoms with Gasteiger partial charge < -0.3 is 9.64 Å². The Balaban J connectivity index is 1.84. The van der Waals surface area contributed by atoms with Crippen LogP contribution in [0.2, 0.25) is 0 Å². The second-order valence-electron chi connectivity index (χ2n) is 4.95. The smallest absolute Gasteiger partial charge is 0.328 e. The van der Waals surface area contributed by atoms with Crippen molar-refractivity contribution in [2.24, 2.45) is 11.8 Å². The molecule has 1 heterocycles. The van der Waals surface area contributed by atoms with Gasteiger partial charge in [-0.05, 0) is 30.4 Å². The molecule has 1 aliphatic carbocycles. The number of amides is 1. The lowest BCUT2D eigenvalue weighted by Gasteiger charge is -2.25. The zero-order valence-corrected chi connectivity index (χ0v) is 10.2. The topological polar surface area (TPSA) is 46.6 Å². The van der Waals surface area contributed by atoms with Gasteiger partial charge in [-0.2, -0.15) is 0 Å². The third kappa shape index (κ3) is 1.68. The van der Waals surface area contributed by atoms with Crippen LogP contribution in [-0.4, -0.2) is 36.5 Å². The maximum Gasteiger partial charge on any atom is 0.328 e. The molecule has 2 aliphatic rings. The summed E-state index contributed by atoms with van der Waals surface area (Å²) in [6, 6.07) is 8.71. The molecule has 1 aromatic carbocycles. The molecule has 1 amide bonds. The minimum Gasteiger partial charge on any atom is -0.467 e. The molecule has 0 N–H and O–H groups in total. The van der Waals surface area contributed by atoms with Gasteiger partial charge in [0.15, 0.2) is 0 Å². The van der Waals surface area contributed by atoms with E-state index in [0.717, 1.165) is 6.42 Å². The number of likely N-dealkylation sites (tertiary alicyclic amines) is 1. The first-order chi connectivity index (χ1) is 8.72. The molecule has 0 bridgehead atoms. The fourth-order valence-electron chi connectivity index (χ4n) is 2.84. The molecule has 0 spiro atoms. The molecule has 1 aromatic rings. The van der Waals surface area contributed by atoms with Crippen molar-refractivity contribution in [1.82, 2.24) is 4.90 Å². The highest BCUT2D eigenvalue weighted by Gasteiger charge is 2.57. The third-order valence-corrected chi connectivity index (χ3v) is 3.87. The Labute approximate surface area is 106 Å². The monoisotopic (exact) mass is 245 g/mol. The molecule has 3 atom stereocenters. The summed E-state index contributed by atoms with van der Waals surface area (Å²) < 4.78 is 4.81. The fourth-order valence-corrected chi connectivity index (χ4v) is 2.84. The quantitative estimate of drug-likeness (QED) is 0.738. The summed E-state index contributed by atoms with van der Waals surface area (Å²) in [7, 11) is 1.38. The van der Waals surface area contributed by atoms with Crippen molar-refractivity contribution >= 4 is 11.9 Å². The Kier molecular flexibility index (Phi) is 2.58. The largest absolute Gasteiger partial charge is 0.467 e. The number of fused-ring (bicyclic) bond motifs is 1. The Morgan fingerprint density at radius 1 is 1.28 bits per heavy atom. The summed E-state index contributed by atoms with van der Waals surface area (Å²) in [6.07, 6.45) is 1.04. The van der Waals surface area contributed by atoms with Gasteiger partial charge >= 0.3 is 5.97 Å². The number of hydrogen-bond donors (Lipinski definition) is 0. The van der Waals surface area contributed by atoms with E-state index in [-0.39, 0.29) is 17.9 Å². The van der Waals surface area contributed by atoms with Crippen molar-refractivity contribution in [3.05, 3.63) is 35.9 Å². The highest BCUT2D eigenvalue weighted by atomic mass is 16.5. The molecule has 3 rings (SSSR count). The summed E-state index contributed by atoms with van der Waals surface area (Å²) in [5, 5.41) is 0. The average Bonchev–Trinajstić information content (AvgIpc) is 3.09. The highest BCUT2D eigenvalue weighted by Crippen LogP contribution is 2.50. The second kappa shape index (κ2) is 4.12. The summed E-state index contributed by atoms with van der Waals surface area (Å²) in [5.74, 6) is 0.439. The third-order valence-electron chi connectivity index (χ3n) is 3.87. The molecule has 0 aromatic heterocycles. The van der Waals surface area contributed by atoms with Crippen LogP contribution in [0.25, 0.3) is 0 Å². The summed E-state index contributed by atoms with van der Waals surface area (Å²) in [4.78, 5) is 25.8. The van der Waals surface area contributed by atoms with Crippen molar-refractivity contribution in [2.75, 3.05) is 13.7 Å². The lowest BCUT2D eigenvalue weighted by molar-refractivity contribution is -0.145. The molecule has 0 radical (unpaired) electrons. The average molecular weight is 245 g/mol. The van der Waals surface area contributed by atoms with Crippen LogP contribution in [0.5, 0.6) is 0 Å². The van der Waals surface area contributed by atoms with Gasteiger partial charge in [-0.3, -0.25) is 4.79 Å². The Morgan fingerprint density at radius 2 is 2.00 bits per heavy atom. The van der Waals surface area contributed by atoms with Crippen LogP contribution in [0.3, 0.4) is 0 Å². The molecule has 2 unspecified atom stereocenters. The zero-order valence-electron chi connectivity index (χ0n) is 10.2. The normalized spacial score (nSPS) is 28.7. The lowest BCUT2D eigenvalue weighted by Crippen LogP contribution is -2.43. The SMILES string of the molecule is COC(=O)C1[C@@H]2CC2CN1C(=O)c1ccccc1. The van der Waals surface area contributed by atoms with Crippen LogP contribution in [0.4, 0.5) is 0 Å². The van der Waals surface area contributed by atoms with Gasteiger partial charge in [0.2, 0.25) is 0 Å².